The highest BCUT2D eigenvalue weighted by molar-refractivity contribution is 6.52. The predicted molar refractivity (Wildman–Crippen MR) is 122 cm³/mol. The minimum Gasteiger partial charge on any atom is -0.507 e. The molecule has 1 unspecified atom stereocenters. The molecule has 1 aliphatic rings. The van der Waals surface area contributed by atoms with Crippen molar-refractivity contribution in [3.05, 3.63) is 93.2 Å². The van der Waals surface area contributed by atoms with Crippen LogP contribution >= 0.6 is 23.2 Å². The van der Waals surface area contributed by atoms with E-state index < -0.39 is 34.9 Å². The number of nitrogens with zero attached hydrogens (tertiary/aromatic N) is 1. The minimum atomic E-state index is -1.39. The lowest BCUT2D eigenvalue weighted by atomic mass is 9.94. The maximum absolute atomic E-state index is 14.9. The summed E-state index contributed by atoms with van der Waals surface area (Å²) in [6.07, 6.45) is 0. The van der Waals surface area contributed by atoms with E-state index in [1.54, 1.807) is 6.07 Å². The van der Waals surface area contributed by atoms with Crippen LogP contribution in [-0.2, 0) is 9.59 Å². The number of amides is 1. The number of aromatic hydroxyl groups is 1. The number of para-hydroxylation sites is 2. The molecule has 0 saturated carbocycles. The lowest BCUT2D eigenvalue weighted by Crippen LogP contribution is -2.29. The molecule has 0 spiro atoms. The van der Waals surface area contributed by atoms with Gasteiger partial charge in [-0.25, -0.2) is 4.39 Å². The molecule has 4 rings (SSSR count). The second-order valence-electron chi connectivity index (χ2n) is 7.15. The maximum atomic E-state index is 14.9. The van der Waals surface area contributed by atoms with E-state index in [1.165, 1.54) is 55.6 Å². The van der Waals surface area contributed by atoms with Gasteiger partial charge in [0.15, 0.2) is 0 Å². The van der Waals surface area contributed by atoms with Crippen molar-refractivity contribution in [2.75, 3.05) is 12.0 Å². The third-order valence-corrected chi connectivity index (χ3v) is 5.75. The average Bonchev–Trinajstić information content (AvgIpc) is 3.04. The highest BCUT2D eigenvalue weighted by atomic mass is 35.5. The molecule has 0 bridgehead atoms. The van der Waals surface area contributed by atoms with Gasteiger partial charge in [-0.2, -0.15) is 0 Å². The Bertz CT molecular complexity index is 1320. The number of phenols is 1. The van der Waals surface area contributed by atoms with Gasteiger partial charge in [0.25, 0.3) is 11.7 Å². The fourth-order valence-electron chi connectivity index (χ4n) is 3.83. The molecule has 1 heterocycles. The lowest BCUT2D eigenvalue weighted by molar-refractivity contribution is -0.132. The molecule has 1 amide bonds. The number of hydrogen-bond acceptors (Lipinski definition) is 5. The fraction of sp³-hybridized carbons (Fsp3) is 0.0833. The summed E-state index contributed by atoms with van der Waals surface area (Å²) in [5.74, 6) is -3.79. The molecule has 3 aromatic rings. The summed E-state index contributed by atoms with van der Waals surface area (Å²) in [4.78, 5) is 27.2. The molecule has 0 aromatic heterocycles. The third-order valence-electron chi connectivity index (χ3n) is 5.25. The summed E-state index contributed by atoms with van der Waals surface area (Å²) in [7, 11) is 1.31. The zero-order chi connectivity index (χ0) is 23.9. The van der Waals surface area contributed by atoms with Gasteiger partial charge in [-0.15, -0.1) is 0 Å². The van der Waals surface area contributed by atoms with Crippen molar-refractivity contribution in [1.29, 1.82) is 0 Å². The van der Waals surface area contributed by atoms with Crippen LogP contribution in [0, 0.1) is 5.82 Å². The first-order valence-corrected chi connectivity index (χ1v) is 10.4. The van der Waals surface area contributed by atoms with Crippen LogP contribution in [0.1, 0.15) is 17.2 Å². The molecule has 1 fully saturated rings. The molecule has 0 radical (unpaired) electrons. The molecule has 168 valence electrons. The molecule has 1 atom stereocenters. The number of carbonyl (C=O) groups excluding carboxylic acids is 2. The van der Waals surface area contributed by atoms with Crippen LogP contribution in [0.4, 0.5) is 10.1 Å². The summed E-state index contributed by atoms with van der Waals surface area (Å²) in [6, 6.07) is 12.6. The van der Waals surface area contributed by atoms with Gasteiger partial charge in [0.05, 0.1) is 35.0 Å². The maximum Gasteiger partial charge on any atom is 0.300 e. The number of ether oxygens (including phenoxy) is 1. The van der Waals surface area contributed by atoms with E-state index in [-0.39, 0.29) is 38.4 Å². The Morgan fingerprint density at radius 1 is 1.06 bits per heavy atom. The summed E-state index contributed by atoms with van der Waals surface area (Å²) < 4.78 is 20.2. The number of Topliss-reactive ketones (excluding diaryl/α,β-unsaturated/α-hetero) is 1. The Balaban J connectivity index is 2.05. The lowest BCUT2D eigenvalue weighted by Gasteiger charge is -2.26. The highest BCUT2D eigenvalue weighted by Gasteiger charge is 2.48. The highest BCUT2D eigenvalue weighted by Crippen LogP contribution is 2.47. The number of benzene rings is 3. The van der Waals surface area contributed by atoms with E-state index in [0.717, 1.165) is 11.0 Å². The molecule has 0 aliphatic carbocycles. The molecule has 33 heavy (non-hydrogen) atoms. The zero-order valence-electron chi connectivity index (χ0n) is 17.1. The number of anilines is 1. The van der Waals surface area contributed by atoms with Crippen molar-refractivity contribution in [2.24, 2.45) is 0 Å². The molecule has 6 nitrogen and oxygen atoms in total. The van der Waals surface area contributed by atoms with Gasteiger partial charge in [0.2, 0.25) is 0 Å². The number of rotatable bonds is 4. The second kappa shape index (κ2) is 8.77. The minimum absolute atomic E-state index is 0.0135. The molecular formula is C24H16Cl2FNO5. The number of methoxy groups -OCH3 is 1. The van der Waals surface area contributed by atoms with E-state index in [9.17, 15) is 24.2 Å². The van der Waals surface area contributed by atoms with E-state index in [0.29, 0.717) is 0 Å². The first-order chi connectivity index (χ1) is 15.8. The standard InChI is InChI=1S/C24H16Cl2FNO5/c1-33-23-14(10-12(25)11-15(23)26)21(30)19-20(13-6-2-3-7-16(13)27)28(24(32)22(19)31)17-8-4-5-9-18(17)29/h2-11,20,29-30H,1H3/b21-19+. The number of carbonyl (C=O) groups is 2. The summed E-state index contributed by atoms with van der Waals surface area (Å²) in [6.45, 7) is 0. The molecular weight excluding hydrogens is 472 g/mol. The molecule has 9 heteroatoms. The number of hydrogen-bond donors (Lipinski definition) is 2. The van der Waals surface area contributed by atoms with Crippen molar-refractivity contribution in [1.82, 2.24) is 0 Å². The van der Waals surface area contributed by atoms with Gasteiger partial charge in [-0.3, -0.25) is 14.5 Å². The van der Waals surface area contributed by atoms with Crippen molar-refractivity contribution in [2.45, 2.75) is 6.04 Å². The molecule has 2 N–H and O–H groups in total. The Hall–Kier alpha value is -3.55. The largest absolute Gasteiger partial charge is 0.507 e. The Kier molecular flexibility index (Phi) is 6.01. The molecule has 1 saturated heterocycles. The summed E-state index contributed by atoms with van der Waals surface area (Å²) in [5, 5.41) is 21.8. The van der Waals surface area contributed by atoms with Crippen molar-refractivity contribution >= 4 is 46.3 Å². The normalized spacial score (nSPS) is 17.5. The zero-order valence-corrected chi connectivity index (χ0v) is 18.6. The predicted octanol–water partition coefficient (Wildman–Crippen LogP) is 5.47. The Morgan fingerprint density at radius 2 is 1.73 bits per heavy atom. The van der Waals surface area contributed by atoms with Gasteiger partial charge in [-0.1, -0.05) is 53.5 Å². The van der Waals surface area contributed by atoms with E-state index >= 15 is 0 Å². The molecule has 1 aliphatic heterocycles. The van der Waals surface area contributed by atoms with Crippen LogP contribution in [0.2, 0.25) is 10.0 Å². The van der Waals surface area contributed by atoms with Gasteiger partial charge in [0.1, 0.15) is 23.1 Å². The smallest absolute Gasteiger partial charge is 0.300 e. The number of aliphatic hydroxyl groups excluding tert-OH is 1. The number of aliphatic hydroxyl groups is 1. The van der Waals surface area contributed by atoms with E-state index in [4.69, 9.17) is 27.9 Å². The van der Waals surface area contributed by atoms with Crippen LogP contribution in [0.25, 0.3) is 5.76 Å². The fourth-order valence-corrected chi connectivity index (χ4v) is 4.40. The van der Waals surface area contributed by atoms with Gasteiger partial charge >= 0.3 is 0 Å². The number of halogens is 3. The van der Waals surface area contributed by atoms with Crippen LogP contribution in [0.5, 0.6) is 11.5 Å². The van der Waals surface area contributed by atoms with Crippen molar-refractivity contribution in [3.8, 4) is 11.5 Å². The monoisotopic (exact) mass is 487 g/mol. The van der Waals surface area contributed by atoms with Gasteiger partial charge in [-0.05, 0) is 30.3 Å². The molecule has 3 aromatic carbocycles. The summed E-state index contributed by atoms with van der Waals surface area (Å²) in [5.41, 5.74) is -0.548. The Labute approximate surface area is 198 Å². The van der Waals surface area contributed by atoms with Crippen LogP contribution < -0.4 is 9.64 Å². The second-order valence-corrected chi connectivity index (χ2v) is 7.99. The average molecular weight is 488 g/mol. The van der Waals surface area contributed by atoms with Gasteiger partial charge in [0, 0.05) is 10.6 Å². The van der Waals surface area contributed by atoms with Gasteiger partial charge < -0.3 is 14.9 Å². The third kappa shape index (κ3) is 3.79. The first-order valence-electron chi connectivity index (χ1n) is 9.63. The van der Waals surface area contributed by atoms with Crippen molar-refractivity contribution < 1.29 is 28.9 Å². The summed E-state index contributed by atoms with van der Waals surface area (Å²) >= 11 is 12.3. The van der Waals surface area contributed by atoms with E-state index in [2.05, 4.69) is 0 Å². The van der Waals surface area contributed by atoms with Crippen LogP contribution in [0.3, 0.4) is 0 Å². The van der Waals surface area contributed by atoms with Crippen LogP contribution in [0.15, 0.2) is 66.2 Å². The SMILES string of the molecule is COc1c(Cl)cc(Cl)cc1/C(O)=C1\C(=O)C(=O)N(c2ccccc2O)C1c1ccccc1F. The quantitative estimate of drug-likeness (QED) is 0.289. The Morgan fingerprint density at radius 3 is 2.39 bits per heavy atom. The first kappa shape index (κ1) is 22.6. The number of phenolic OH excluding ortho intramolecular Hbond substituents is 1. The number of ketones is 1. The van der Waals surface area contributed by atoms with Crippen LogP contribution in [-0.4, -0.2) is 29.0 Å². The van der Waals surface area contributed by atoms with E-state index in [1.807, 2.05) is 0 Å². The van der Waals surface area contributed by atoms with Crippen molar-refractivity contribution in [3.63, 3.8) is 0 Å². The topological polar surface area (TPSA) is 87.1 Å².